The average molecular weight is 410 g/mol. The molecule has 10 heteroatoms. The molecule has 1 saturated heterocycles. The Morgan fingerprint density at radius 3 is 2.63 bits per heavy atom. The summed E-state index contributed by atoms with van der Waals surface area (Å²) >= 11 is 0. The van der Waals surface area contributed by atoms with Crippen LogP contribution in [0.5, 0.6) is 0 Å². The van der Waals surface area contributed by atoms with E-state index < -0.39 is 6.09 Å². The number of aromatic nitrogens is 6. The van der Waals surface area contributed by atoms with Crippen LogP contribution in [0, 0.1) is 12.8 Å². The standard InChI is InChI=1S/C20H26N8O2/c1-5-27-18(13-8-21-12(4)22-9-13)26-15-17(23-10-24-19(15)27)25-14-6-7-28(20(29)30)16(14)11(2)3/h8-11,14,16H,5-7H2,1-4H3,(H,29,30)(H,23,24,25). The van der Waals surface area contributed by atoms with Gasteiger partial charge in [-0.2, -0.15) is 0 Å². The molecule has 0 spiro atoms. The Bertz CT molecular complexity index is 1060. The Balaban J connectivity index is 1.74. The molecule has 0 aromatic carbocycles. The van der Waals surface area contributed by atoms with Crippen molar-refractivity contribution >= 4 is 23.1 Å². The third-order valence-corrected chi connectivity index (χ3v) is 5.59. The normalized spacial score (nSPS) is 19.0. The summed E-state index contributed by atoms with van der Waals surface area (Å²) in [6.07, 6.45) is 4.86. The van der Waals surface area contributed by atoms with Crippen LogP contribution in [-0.4, -0.2) is 64.2 Å². The van der Waals surface area contributed by atoms with Crippen LogP contribution in [0.2, 0.25) is 0 Å². The number of hydrogen-bond acceptors (Lipinski definition) is 7. The molecule has 10 nitrogen and oxygen atoms in total. The van der Waals surface area contributed by atoms with Gasteiger partial charge in [0.1, 0.15) is 18.0 Å². The van der Waals surface area contributed by atoms with Gasteiger partial charge in [0.2, 0.25) is 0 Å². The first-order chi connectivity index (χ1) is 14.4. The molecule has 0 bridgehead atoms. The summed E-state index contributed by atoms with van der Waals surface area (Å²) in [6.45, 7) is 9.13. The van der Waals surface area contributed by atoms with Gasteiger partial charge < -0.3 is 19.9 Å². The van der Waals surface area contributed by atoms with Crippen LogP contribution in [0.1, 0.15) is 33.0 Å². The predicted octanol–water partition coefficient (Wildman–Crippen LogP) is 2.80. The van der Waals surface area contributed by atoms with Gasteiger partial charge >= 0.3 is 6.09 Å². The van der Waals surface area contributed by atoms with Gasteiger partial charge in [-0.1, -0.05) is 13.8 Å². The topological polar surface area (TPSA) is 122 Å². The van der Waals surface area contributed by atoms with E-state index in [1.165, 1.54) is 11.2 Å². The highest BCUT2D eigenvalue weighted by Crippen LogP contribution is 2.30. The van der Waals surface area contributed by atoms with E-state index in [9.17, 15) is 9.90 Å². The zero-order valence-electron chi connectivity index (χ0n) is 17.6. The number of amides is 1. The monoisotopic (exact) mass is 410 g/mol. The van der Waals surface area contributed by atoms with Crippen LogP contribution in [0.3, 0.4) is 0 Å². The lowest BCUT2D eigenvalue weighted by Crippen LogP contribution is -2.44. The van der Waals surface area contributed by atoms with E-state index in [0.717, 1.165) is 17.0 Å². The van der Waals surface area contributed by atoms with Gasteiger partial charge in [0.15, 0.2) is 17.0 Å². The minimum atomic E-state index is -0.886. The van der Waals surface area contributed by atoms with Crippen LogP contribution in [0.4, 0.5) is 10.6 Å². The molecule has 2 unspecified atom stereocenters. The molecule has 158 valence electrons. The summed E-state index contributed by atoms with van der Waals surface area (Å²) in [5, 5.41) is 13.0. The molecular weight excluding hydrogens is 384 g/mol. The average Bonchev–Trinajstić information content (AvgIpc) is 3.30. The lowest BCUT2D eigenvalue weighted by Gasteiger charge is -2.30. The molecule has 2 atom stereocenters. The van der Waals surface area contributed by atoms with Gasteiger partial charge in [-0.3, -0.25) is 0 Å². The van der Waals surface area contributed by atoms with Gasteiger partial charge in [-0.25, -0.2) is 29.7 Å². The van der Waals surface area contributed by atoms with E-state index in [4.69, 9.17) is 4.98 Å². The van der Waals surface area contributed by atoms with Gasteiger partial charge in [0.05, 0.1) is 17.6 Å². The number of anilines is 1. The van der Waals surface area contributed by atoms with Crippen molar-refractivity contribution in [2.45, 2.75) is 52.7 Å². The number of fused-ring (bicyclic) bond motifs is 1. The smallest absolute Gasteiger partial charge is 0.407 e. The fourth-order valence-corrected chi connectivity index (χ4v) is 4.27. The first-order valence-electron chi connectivity index (χ1n) is 10.2. The van der Waals surface area contributed by atoms with Crippen molar-refractivity contribution in [1.82, 2.24) is 34.4 Å². The zero-order valence-corrected chi connectivity index (χ0v) is 17.6. The van der Waals surface area contributed by atoms with E-state index >= 15 is 0 Å². The molecule has 2 N–H and O–H groups in total. The predicted molar refractivity (Wildman–Crippen MR) is 112 cm³/mol. The minimum absolute atomic E-state index is 0.0443. The van der Waals surface area contributed by atoms with E-state index in [2.05, 4.69) is 25.3 Å². The Labute approximate surface area is 174 Å². The molecule has 1 amide bonds. The number of nitrogens with one attached hydrogen (secondary N) is 1. The maximum atomic E-state index is 11.6. The molecule has 0 saturated carbocycles. The molecule has 3 aromatic rings. The summed E-state index contributed by atoms with van der Waals surface area (Å²) in [7, 11) is 0. The number of carbonyl (C=O) groups is 1. The molecule has 30 heavy (non-hydrogen) atoms. The Morgan fingerprint density at radius 2 is 2.00 bits per heavy atom. The van der Waals surface area contributed by atoms with Crippen LogP contribution in [0.15, 0.2) is 18.7 Å². The number of rotatable bonds is 5. The number of hydrogen-bond donors (Lipinski definition) is 2. The van der Waals surface area contributed by atoms with Crippen LogP contribution in [0.25, 0.3) is 22.6 Å². The Kier molecular flexibility index (Phi) is 5.23. The molecule has 1 fully saturated rings. The Morgan fingerprint density at radius 1 is 1.27 bits per heavy atom. The van der Waals surface area contributed by atoms with E-state index in [1.54, 1.807) is 12.4 Å². The zero-order chi connectivity index (χ0) is 21.4. The van der Waals surface area contributed by atoms with Crippen LogP contribution >= 0.6 is 0 Å². The van der Waals surface area contributed by atoms with Gasteiger partial charge in [-0.15, -0.1) is 0 Å². The number of imidazole rings is 1. The Hall–Kier alpha value is -3.30. The third kappa shape index (κ3) is 3.42. The van der Waals surface area contributed by atoms with E-state index in [1.807, 2.05) is 32.3 Å². The number of carboxylic acid groups (broad SMARTS) is 1. The van der Waals surface area contributed by atoms with Crippen molar-refractivity contribution < 1.29 is 9.90 Å². The number of nitrogens with zero attached hydrogens (tertiary/aromatic N) is 7. The fraction of sp³-hybridized carbons (Fsp3) is 0.500. The third-order valence-electron chi connectivity index (χ3n) is 5.59. The van der Waals surface area contributed by atoms with Crippen LogP contribution in [-0.2, 0) is 6.54 Å². The van der Waals surface area contributed by atoms with E-state index in [0.29, 0.717) is 36.7 Å². The van der Waals surface area contributed by atoms with Crippen molar-refractivity contribution in [3.8, 4) is 11.4 Å². The summed E-state index contributed by atoms with van der Waals surface area (Å²) in [5.74, 6) is 2.22. The summed E-state index contributed by atoms with van der Waals surface area (Å²) in [5.41, 5.74) is 2.19. The number of aryl methyl sites for hydroxylation is 2. The fourth-order valence-electron chi connectivity index (χ4n) is 4.27. The SMILES string of the molecule is CCn1c(-c2cnc(C)nc2)nc2c(NC3CCN(C(=O)O)C3C(C)C)ncnc21. The molecule has 4 rings (SSSR count). The van der Waals surface area contributed by atoms with Crippen molar-refractivity contribution in [2.75, 3.05) is 11.9 Å². The molecular formula is C20H26N8O2. The minimum Gasteiger partial charge on any atom is -0.465 e. The molecule has 1 aliphatic heterocycles. The summed E-state index contributed by atoms with van der Waals surface area (Å²) < 4.78 is 2.01. The first kappa shape index (κ1) is 20.0. The quantitative estimate of drug-likeness (QED) is 0.658. The molecule has 0 radical (unpaired) electrons. The molecule has 3 aromatic heterocycles. The molecule has 1 aliphatic rings. The maximum Gasteiger partial charge on any atom is 0.407 e. The van der Waals surface area contributed by atoms with Gasteiger partial charge in [0, 0.05) is 25.5 Å². The number of likely N-dealkylation sites (tertiary alicyclic amines) is 1. The highest BCUT2D eigenvalue weighted by molar-refractivity contribution is 5.86. The second-order valence-electron chi connectivity index (χ2n) is 7.84. The lowest BCUT2D eigenvalue weighted by atomic mass is 9.97. The largest absolute Gasteiger partial charge is 0.465 e. The van der Waals surface area contributed by atoms with E-state index in [-0.39, 0.29) is 18.0 Å². The van der Waals surface area contributed by atoms with Gasteiger partial charge in [0.25, 0.3) is 0 Å². The maximum absolute atomic E-state index is 11.6. The lowest BCUT2D eigenvalue weighted by molar-refractivity contribution is 0.128. The van der Waals surface area contributed by atoms with Crippen LogP contribution < -0.4 is 5.32 Å². The van der Waals surface area contributed by atoms with Crippen molar-refractivity contribution in [3.05, 3.63) is 24.5 Å². The summed E-state index contributed by atoms with van der Waals surface area (Å²) in [6, 6.07) is -0.178. The second-order valence-corrected chi connectivity index (χ2v) is 7.84. The second kappa shape index (κ2) is 7.85. The van der Waals surface area contributed by atoms with Crippen molar-refractivity contribution in [3.63, 3.8) is 0 Å². The van der Waals surface area contributed by atoms with Crippen molar-refractivity contribution in [1.29, 1.82) is 0 Å². The first-order valence-corrected chi connectivity index (χ1v) is 10.2. The van der Waals surface area contributed by atoms with Crippen molar-refractivity contribution in [2.24, 2.45) is 5.92 Å². The highest BCUT2D eigenvalue weighted by Gasteiger charge is 2.39. The van der Waals surface area contributed by atoms with Gasteiger partial charge in [-0.05, 0) is 26.2 Å². The molecule has 0 aliphatic carbocycles. The highest BCUT2D eigenvalue weighted by atomic mass is 16.4. The summed E-state index contributed by atoms with van der Waals surface area (Å²) in [4.78, 5) is 35.4. The molecule has 4 heterocycles.